The number of benzene rings is 1. The normalized spacial score (nSPS) is 11.9. The lowest BCUT2D eigenvalue weighted by Crippen LogP contribution is -2.24. The minimum Gasteiger partial charge on any atom is -0.495 e. The van der Waals surface area contributed by atoms with Crippen LogP contribution in [0.25, 0.3) is 0 Å². The molecule has 20 heavy (non-hydrogen) atoms. The zero-order valence-corrected chi connectivity index (χ0v) is 12.0. The van der Waals surface area contributed by atoms with Crippen LogP contribution in [0.1, 0.15) is 6.92 Å². The van der Waals surface area contributed by atoms with Crippen molar-refractivity contribution >= 4 is 23.2 Å². The molecule has 2 rings (SSSR count). The third-order valence-corrected chi connectivity index (χ3v) is 3.03. The van der Waals surface area contributed by atoms with Crippen molar-refractivity contribution < 1.29 is 9.53 Å². The lowest BCUT2D eigenvalue weighted by molar-refractivity contribution is -0.119. The summed E-state index contributed by atoms with van der Waals surface area (Å²) in [5, 5.41) is 7.31. The molecule has 1 aromatic carbocycles. The van der Waals surface area contributed by atoms with Gasteiger partial charge in [0.05, 0.1) is 25.3 Å². The first-order chi connectivity index (χ1) is 9.60. The SMILES string of the molecule is COc1ccc(Cl)cc1NC(=O)C(C)Cn1cncn1. The van der Waals surface area contributed by atoms with Gasteiger partial charge >= 0.3 is 0 Å². The number of carbonyl (C=O) groups excluding carboxylic acids is 1. The number of nitrogens with one attached hydrogen (secondary N) is 1. The average Bonchev–Trinajstić information content (AvgIpc) is 2.91. The van der Waals surface area contributed by atoms with E-state index in [1.54, 1.807) is 29.2 Å². The molecule has 2 aromatic rings. The van der Waals surface area contributed by atoms with Gasteiger partial charge in [0, 0.05) is 5.02 Å². The van der Waals surface area contributed by atoms with E-state index in [-0.39, 0.29) is 11.8 Å². The molecular weight excluding hydrogens is 280 g/mol. The average molecular weight is 295 g/mol. The summed E-state index contributed by atoms with van der Waals surface area (Å²) in [6, 6.07) is 5.06. The minimum absolute atomic E-state index is 0.138. The van der Waals surface area contributed by atoms with Gasteiger partial charge in [0.25, 0.3) is 0 Å². The van der Waals surface area contributed by atoms with Gasteiger partial charge < -0.3 is 10.1 Å². The molecule has 0 spiro atoms. The fourth-order valence-electron chi connectivity index (χ4n) is 1.72. The molecule has 0 bridgehead atoms. The van der Waals surface area contributed by atoms with E-state index in [1.165, 1.54) is 13.4 Å². The van der Waals surface area contributed by atoms with Crippen molar-refractivity contribution in [3.05, 3.63) is 35.9 Å². The van der Waals surface area contributed by atoms with Crippen molar-refractivity contribution in [3.8, 4) is 5.75 Å². The summed E-state index contributed by atoms with van der Waals surface area (Å²) in [6.07, 6.45) is 3.01. The molecule has 1 amide bonds. The fraction of sp³-hybridized carbons (Fsp3) is 0.308. The van der Waals surface area contributed by atoms with Crippen molar-refractivity contribution in [3.63, 3.8) is 0 Å². The van der Waals surface area contributed by atoms with E-state index in [0.29, 0.717) is 23.0 Å². The van der Waals surface area contributed by atoms with Crippen LogP contribution in [-0.2, 0) is 11.3 Å². The van der Waals surface area contributed by atoms with Crippen LogP contribution >= 0.6 is 11.6 Å². The summed E-state index contributed by atoms with van der Waals surface area (Å²) in [6.45, 7) is 2.27. The number of hydrogen-bond acceptors (Lipinski definition) is 4. The van der Waals surface area contributed by atoms with E-state index in [4.69, 9.17) is 16.3 Å². The van der Waals surface area contributed by atoms with E-state index in [9.17, 15) is 4.79 Å². The monoisotopic (exact) mass is 294 g/mol. The maximum Gasteiger partial charge on any atom is 0.229 e. The number of anilines is 1. The lowest BCUT2D eigenvalue weighted by atomic mass is 10.1. The number of hydrogen-bond donors (Lipinski definition) is 1. The van der Waals surface area contributed by atoms with Crippen LogP contribution < -0.4 is 10.1 Å². The summed E-state index contributed by atoms with van der Waals surface area (Å²) >= 11 is 5.92. The summed E-state index contributed by atoms with van der Waals surface area (Å²) in [4.78, 5) is 16.0. The second kappa shape index (κ2) is 6.38. The van der Waals surface area contributed by atoms with Gasteiger partial charge in [-0.1, -0.05) is 18.5 Å². The molecule has 7 heteroatoms. The van der Waals surface area contributed by atoms with Gasteiger partial charge in [0.2, 0.25) is 5.91 Å². The van der Waals surface area contributed by atoms with Crippen molar-refractivity contribution in [1.29, 1.82) is 0 Å². The third kappa shape index (κ3) is 3.48. The highest BCUT2D eigenvalue weighted by molar-refractivity contribution is 6.31. The predicted octanol–water partition coefficient (Wildman–Crippen LogP) is 2.21. The molecule has 6 nitrogen and oxygen atoms in total. The molecule has 0 aliphatic heterocycles. The van der Waals surface area contributed by atoms with Crippen LogP contribution in [0.2, 0.25) is 5.02 Å². The Morgan fingerprint density at radius 1 is 1.55 bits per heavy atom. The Kier molecular flexibility index (Phi) is 4.57. The predicted molar refractivity (Wildman–Crippen MR) is 75.8 cm³/mol. The largest absolute Gasteiger partial charge is 0.495 e. The molecule has 1 N–H and O–H groups in total. The highest BCUT2D eigenvalue weighted by Crippen LogP contribution is 2.28. The highest BCUT2D eigenvalue weighted by Gasteiger charge is 2.16. The van der Waals surface area contributed by atoms with Crippen LogP contribution in [0.15, 0.2) is 30.9 Å². The molecule has 1 aromatic heterocycles. The van der Waals surface area contributed by atoms with Gasteiger partial charge in [-0.25, -0.2) is 4.98 Å². The number of rotatable bonds is 5. The molecule has 106 valence electrons. The number of carbonyl (C=O) groups is 1. The van der Waals surface area contributed by atoms with Crippen molar-refractivity contribution in [2.24, 2.45) is 5.92 Å². The first-order valence-corrected chi connectivity index (χ1v) is 6.44. The minimum atomic E-state index is -0.264. The quantitative estimate of drug-likeness (QED) is 0.918. The van der Waals surface area contributed by atoms with Crippen LogP contribution in [-0.4, -0.2) is 27.8 Å². The van der Waals surface area contributed by atoms with E-state index in [1.807, 2.05) is 6.92 Å². The van der Waals surface area contributed by atoms with Gasteiger partial charge in [-0.3, -0.25) is 9.48 Å². The summed E-state index contributed by atoms with van der Waals surface area (Å²) in [5.74, 6) is 0.164. The van der Waals surface area contributed by atoms with E-state index >= 15 is 0 Å². The highest BCUT2D eigenvalue weighted by atomic mass is 35.5. The molecule has 0 aliphatic carbocycles. The molecular formula is C13H15ClN4O2. The van der Waals surface area contributed by atoms with Gasteiger partial charge in [-0.2, -0.15) is 5.10 Å². The number of amides is 1. The van der Waals surface area contributed by atoms with E-state index in [2.05, 4.69) is 15.4 Å². The number of nitrogens with zero attached hydrogens (tertiary/aromatic N) is 3. The number of halogens is 1. The fourth-order valence-corrected chi connectivity index (χ4v) is 1.90. The number of methoxy groups -OCH3 is 1. The molecule has 0 saturated heterocycles. The lowest BCUT2D eigenvalue weighted by Gasteiger charge is -2.14. The Bertz CT molecular complexity index is 586. The zero-order valence-electron chi connectivity index (χ0n) is 11.2. The zero-order chi connectivity index (χ0) is 14.5. The van der Waals surface area contributed by atoms with E-state index < -0.39 is 0 Å². The van der Waals surface area contributed by atoms with Gasteiger partial charge in [-0.05, 0) is 18.2 Å². The van der Waals surface area contributed by atoms with Crippen molar-refractivity contribution in [2.45, 2.75) is 13.5 Å². The summed E-state index contributed by atoms with van der Waals surface area (Å²) in [7, 11) is 1.54. The van der Waals surface area contributed by atoms with Crippen LogP contribution in [0.3, 0.4) is 0 Å². The Morgan fingerprint density at radius 2 is 2.35 bits per heavy atom. The maximum atomic E-state index is 12.1. The Balaban J connectivity index is 2.05. The second-order valence-corrected chi connectivity index (χ2v) is 4.79. The molecule has 0 fully saturated rings. The second-order valence-electron chi connectivity index (χ2n) is 4.35. The number of ether oxygens (including phenoxy) is 1. The first-order valence-electron chi connectivity index (χ1n) is 6.07. The van der Waals surface area contributed by atoms with Crippen LogP contribution in [0.5, 0.6) is 5.75 Å². The molecule has 0 radical (unpaired) electrons. The Morgan fingerprint density at radius 3 is 3.00 bits per heavy atom. The van der Waals surface area contributed by atoms with Gasteiger partial charge in [0.1, 0.15) is 18.4 Å². The smallest absolute Gasteiger partial charge is 0.229 e. The van der Waals surface area contributed by atoms with Crippen molar-refractivity contribution in [1.82, 2.24) is 14.8 Å². The van der Waals surface area contributed by atoms with Gasteiger partial charge in [-0.15, -0.1) is 0 Å². The molecule has 0 aliphatic rings. The summed E-state index contributed by atoms with van der Waals surface area (Å²) < 4.78 is 6.80. The topological polar surface area (TPSA) is 69.0 Å². The van der Waals surface area contributed by atoms with Crippen molar-refractivity contribution in [2.75, 3.05) is 12.4 Å². The molecule has 1 unspecified atom stereocenters. The first kappa shape index (κ1) is 14.3. The van der Waals surface area contributed by atoms with Gasteiger partial charge in [0.15, 0.2) is 0 Å². The Labute approximate surface area is 121 Å². The molecule has 1 heterocycles. The third-order valence-electron chi connectivity index (χ3n) is 2.79. The van der Waals surface area contributed by atoms with Crippen LogP contribution in [0.4, 0.5) is 5.69 Å². The van der Waals surface area contributed by atoms with E-state index in [0.717, 1.165) is 0 Å². The molecule has 1 atom stereocenters. The Hall–Kier alpha value is -2.08. The maximum absolute atomic E-state index is 12.1. The van der Waals surface area contributed by atoms with Crippen LogP contribution in [0, 0.1) is 5.92 Å². The number of aromatic nitrogens is 3. The summed E-state index contributed by atoms with van der Waals surface area (Å²) in [5.41, 5.74) is 0.551. The standard InChI is InChI=1S/C13H15ClN4O2/c1-9(6-18-8-15-7-16-18)13(19)17-11-5-10(14)3-4-12(11)20-2/h3-5,7-9H,6H2,1-2H3,(H,17,19). The molecule has 0 saturated carbocycles.